The monoisotopic (exact) mass is 911 g/mol. The molecule has 0 amide bonds. The number of fused-ring (bicyclic) bond motifs is 8. The molecule has 2 heteroatoms. The summed E-state index contributed by atoms with van der Waals surface area (Å²) < 4.78 is 0. The molecule has 0 saturated heterocycles. The van der Waals surface area contributed by atoms with Crippen LogP contribution in [0.2, 0.25) is 0 Å². The Morgan fingerprint density at radius 2 is 0.625 bits per heavy atom. The molecule has 2 unspecified atom stereocenters. The van der Waals surface area contributed by atoms with Gasteiger partial charge in [0.2, 0.25) is 0 Å². The van der Waals surface area contributed by atoms with Gasteiger partial charge in [-0.25, -0.2) is 0 Å². The molecule has 0 aliphatic heterocycles. The number of hydrogen-bond acceptors (Lipinski definition) is 1. The van der Waals surface area contributed by atoms with E-state index >= 15 is 0 Å². The van der Waals surface area contributed by atoms with Crippen molar-refractivity contribution in [3.05, 3.63) is 324 Å². The van der Waals surface area contributed by atoms with Gasteiger partial charge in [0, 0.05) is 17.1 Å². The van der Waals surface area contributed by atoms with Crippen molar-refractivity contribution < 1.29 is 0 Å². The molecular weight excluding hydrogens is 866 g/mol. The lowest BCUT2D eigenvalue weighted by Crippen LogP contribution is -2.29. The van der Waals surface area contributed by atoms with E-state index < -0.39 is 10.8 Å². The Hall–Kier alpha value is -8.98. The van der Waals surface area contributed by atoms with E-state index in [0.29, 0.717) is 0 Å². The Labute approximate surface area is 422 Å². The van der Waals surface area contributed by atoms with Gasteiger partial charge in [-0.3, -0.25) is 0 Å². The Balaban J connectivity index is 1.04. The quantitative estimate of drug-likeness (QED) is 0.137. The van der Waals surface area contributed by atoms with Crippen molar-refractivity contribution in [2.45, 2.75) is 10.8 Å². The predicted molar refractivity (Wildman–Crippen MR) is 302 cm³/mol. The minimum absolute atomic E-state index is 0.601. The highest BCUT2D eigenvalue weighted by Crippen LogP contribution is 2.60. The molecule has 2 aliphatic rings. The van der Waals surface area contributed by atoms with Crippen LogP contribution in [0, 0.1) is 0 Å². The number of rotatable bonds is 8. The second-order valence-electron chi connectivity index (χ2n) is 19.4. The maximum Gasteiger partial charge on any atom is 0.113 e. The molecule has 1 nitrogen and oxygen atoms in total. The summed E-state index contributed by atoms with van der Waals surface area (Å²) in [6, 6.07) is 104. The Morgan fingerprint density at radius 1 is 0.250 bits per heavy atom. The van der Waals surface area contributed by atoms with Crippen molar-refractivity contribution in [3.63, 3.8) is 0 Å². The van der Waals surface area contributed by atoms with Gasteiger partial charge in [0.25, 0.3) is 0 Å². The molecule has 12 aromatic rings. The van der Waals surface area contributed by atoms with Crippen LogP contribution in [-0.2, 0) is 10.8 Å². The fraction of sp³-hybridized carbons (Fsp3) is 0.0286. The summed E-state index contributed by atoms with van der Waals surface area (Å²) in [6.07, 6.45) is 0. The molecule has 0 N–H and O–H groups in total. The van der Waals surface area contributed by atoms with Crippen LogP contribution in [0.15, 0.2) is 279 Å². The first-order valence-corrected chi connectivity index (χ1v) is 24.9. The van der Waals surface area contributed by atoms with Crippen LogP contribution >= 0.6 is 0 Å². The van der Waals surface area contributed by atoms with Crippen LogP contribution in [-0.4, -0.2) is 7.85 Å². The molecule has 0 saturated carbocycles. The van der Waals surface area contributed by atoms with E-state index in [1.54, 1.807) is 0 Å². The van der Waals surface area contributed by atoms with Gasteiger partial charge in [0.05, 0.1) is 10.8 Å². The van der Waals surface area contributed by atoms with E-state index in [2.05, 4.69) is 272 Å². The fourth-order valence-electron chi connectivity index (χ4n) is 12.5. The number of nitrogens with zero attached hydrogens (tertiary/aromatic N) is 1. The molecule has 14 rings (SSSR count). The van der Waals surface area contributed by atoms with Gasteiger partial charge >= 0.3 is 0 Å². The molecule has 0 bridgehead atoms. The van der Waals surface area contributed by atoms with Gasteiger partial charge in [0.1, 0.15) is 7.85 Å². The topological polar surface area (TPSA) is 3.24 Å². The molecule has 0 aromatic heterocycles. The summed E-state index contributed by atoms with van der Waals surface area (Å²) in [6.45, 7) is 0. The summed E-state index contributed by atoms with van der Waals surface area (Å²) in [4.78, 5) is 2.48. The minimum atomic E-state index is -0.601. The SMILES string of the molecule is [B]c1ccc(-c2ccc(N(c3ccc4c(c3)C(c3ccccc3)(c3ccc5ccccc5c3)c3ccccc3-4)c3ccc4c(c3)C(c3ccccc3)(c3ccc5ccccc5c3)c3ccccc3-4)cc2)cc1. The van der Waals surface area contributed by atoms with Crippen molar-refractivity contribution in [1.82, 2.24) is 0 Å². The lowest BCUT2D eigenvalue weighted by molar-refractivity contribution is 0.769. The molecule has 2 aliphatic carbocycles. The summed E-state index contributed by atoms with van der Waals surface area (Å²) in [5.41, 5.74) is 20.1. The van der Waals surface area contributed by atoms with Gasteiger partial charge < -0.3 is 4.90 Å². The number of hydrogen-bond donors (Lipinski definition) is 0. The van der Waals surface area contributed by atoms with Crippen LogP contribution < -0.4 is 10.4 Å². The summed E-state index contributed by atoms with van der Waals surface area (Å²) in [7, 11) is 6.16. The van der Waals surface area contributed by atoms with E-state index in [1.165, 1.54) is 88.3 Å². The molecular formula is C70H46BN. The third-order valence-corrected chi connectivity index (χ3v) is 15.7. The Bertz CT molecular complexity index is 3830. The molecule has 0 heterocycles. The lowest BCUT2D eigenvalue weighted by atomic mass is 9.67. The van der Waals surface area contributed by atoms with Crippen LogP contribution in [0.4, 0.5) is 17.1 Å². The first-order valence-electron chi connectivity index (χ1n) is 24.9. The van der Waals surface area contributed by atoms with E-state index in [9.17, 15) is 0 Å². The summed E-state index contributed by atoms with van der Waals surface area (Å²) in [5, 5.41) is 4.91. The largest absolute Gasteiger partial charge is 0.310 e. The smallest absolute Gasteiger partial charge is 0.113 e. The zero-order chi connectivity index (χ0) is 47.8. The van der Waals surface area contributed by atoms with Crippen molar-refractivity contribution in [1.29, 1.82) is 0 Å². The third-order valence-electron chi connectivity index (χ3n) is 15.7. The standard InChI is InChI=1S/C70H46BN/c71-57-35-29-49(30-36-57)50-31-37-58(38-32-50)72(59-39-41-63-61-23-11-13-25-65(61)69(67(63)45-59,53-19-3-1-4-20-53)55-33-27-47-15-7-9-17-51(47)43-55)60-40-42-64-62-24-12-14-26-66(62)70(68(64)46-60,54-21-5-2-6-22-54)56-34-28-48-16-8-10-18-52(48)44-56/h1-46H. The molecule has 0 spiro atoms. The van der Waals surface area contributed by atoms with Gasteiger partial charge in [-0.2, -0.15) is 0 Å². The molecule has 12 aromatic carbocycles. The van der Waals surface area contributed by atoms with Gasteiger partial charge in [-0.05, 0) is 148 Å². The van der Waals surface area contributed by atoms with Gasteiger partial charge in [-0.15, -0.1) is 0 Å². The van der Waals surface area contributed by atoms with Gasteiger partial charge in [0.15, 0.2) is 0 Å². The first-order chi connectivity index (χ1) is 35.6. The predicted octanol–water partition coefficient (Wildman–Crippen LogP) is 16.6. The van der Waals surface area contributed by atoms with E-state index in [4.69, 9.17) is 7.85 Å². The maximum atomic E-state index is 6.16. The molecule has 72 heavy (non-hydrogen) atoms. The zero-order valence-corrected chi connectivity index (χ0v) is 39.6. The van der Waals surface area contributed by atoms with Crippen LogP contribution in [0.3, 0.4) is 0 Å². The highest BCUT2D eigenvalue weighted by atomic mass is 15.1. The zero-order valence-electron chi connectivity index (χ0n) is 39.6. The van der Waals surface area contributed by atoms with Crippen molar-refractivity contribution in [3.8, 4) is 33.4 Å². The van der Waals surface area contributed by atoms with Crippen LogP contribution in [0.1, 0.15) is 44.5 Å². The average Bonchev–Trinajstić information content (AvgIpc) is 3.91. The summed E-state index contributed by atoms with van der Waals surface area (Å²) >= 11 is 0. The van der Waals surface area contributed by atoms with Gasteiger partial charge in [-0.1, -0.05) is 236 Å². The molecule has 2 radical (unpaired) electrons. The second kappa shape index (κ2) is 16.6. The van der Waals surface area contributed by atoms with E-state index in [0.717, 1.165) is 33.7 Å². The summed E-state index contributed by atoms with van der Waals surface area (Å²) in [5.74, 6) is 0. The highest BCUT2D eigenvalue weighted by Gasteiger charge is 2.48. The first kappa shape index (κ1) is 42.0. The molecule has 0 fully saturated rings. The average molecular weight is 912 g/mol. The van der Waals surface area contributed by atoms with Crippen molar-refractivity contribution >= 4 is 51.9 Å². The minimum Gasteiger partial charge on any atom is -0.310 e. The highest BCUT2D eigenvalue weighted by molar-refractivity contribution is 6.32. The maximum absolute atomic E-state index is 6.16. The fourth-order valence-corrected chi connectivity index (χ4v) is 12.5. The Kier molecular flexibility index (Phi) is 9.66. The molecule has 2 atom stereocenters. The lowest BCUT2D eigenvalue weighted by Gasteiger charge is -2.36. The Morgan fingerprint density at radius 3 is 1.10 bits per heavy atom. The number of benzene rings is 12. The van der Waals surface area contributed by atoms with E-state index in [-0.39, 0.29) is 0 Å². The van der Waals surface area contributed by atoms with Crippen molar-refractivity contribution in [2.24, 2.45) is 0 Å². The van der Waals surface area contributed by atoms with Crippen LogP contribution in [0.5, 0.6) is 0 Å². The second-order valence-corrected chi connectivity index (χ2v) is 19.4. The van der Waals surface area contributed by atoms with E-state index in [1.807, 2.05) is 12.1 Å². The van der Waals surface area contributed by atoms with Crippen LogP contribution in [0.25, 0.3) is 54.9 Å². The third kappa shape index (κ3) is 6.29. The van der Waals surface area contributed by atoms with Crippen molar-refractivity contribution in [2.75, 3.05) is 4.90 Å². The molecule has 334 valence electrons. The normalized spacial score (nSPS) is 16.2. The number of anilines is 3.